The highest BCUT2D eigenvalue weighted by Crippen LogP contribution is 2.31. The number of rotatable bonds is 4. The summed E-state index contributed by atoms with van der Waals surface area (Å²) < 4.78 is 0. The molecule has 0 radical (unpaired) electrons. The van der Waals surface area contributed by atoms with Gasteiger partial charge in [-0.15, -0.1) is 0 Å². The Morgan fingerprint density at radius 2 is 2.10 bits per heavy atom. The lowest BCUT2D eigenvalue weighted by Crippen LogP contribution is -2.50. The van der Waals surface area contributed by atoms with Gasteiger partial charge in [0.2, 0.25) is 5.91 Å². The van der Waals surface area contributed by atoms with Crippen LogP contribution >= 0.6 is 0 Å². The minimum absolute atomic E-state index is 0.00310. The summed E-state index contributed by atoms with van der Waals surface area (Å²) in [5, 5.41) is 9.53. The zero-order valence-corrected chi connectivity index (χ0v) is 12.5. The maximum atomic E-state index is 12.6. The minimum atomic E-state index is -0.500. The molecule has 2 rings (SSSR count). The highest BCUT2D eigenvalue weighted by Gasteiger charge is 2.38. The van der Waals surface area contributed by atoms with E-state index in [0.717, 1.165) is 18.4 Å². The fourth-order valence-electron chi connectivity index (χ4n) is 2.17. The van der Waals surface area contributed by atoms with Crippen molar-refractivity contribution in [1.82, 2.24) is 4.90 Å². The van der Waals surface area contributed by atoms with Crippen molar-refractivity contribution < 1.29 is 9.90 Å². The minimum Gasteiger partial charge on any atom is -0.508 e. The van der Waals surface area contributed by atoms with Crippen LogP contribution in [0, 0.1) is 5.41 Å². The van der Waals surface area contributed by atoms with Gasteiger partial charge in [0.25, 0.3) is 0 Å². The Kier molecular flexibility index (Phi) is 4.04. The van der Waals surface area contributed by atoms with Gasteiger partial charge < -0.3 is 15.7 Å². The molecule has 1 amide bonds. The molecular formula is C16H24N2O2. The van der Waals surface area contributed by atoms with E-state index in [1.807, 2.05) is 31.7 Å². The molecule has 0 heterocycles. The highest BCUT2D eigenvalue weighted by atomic mass is 16.3. The van der Waals surface area contributed by atoms with E-state index in [0.29, 0.717) is 12.6 Å². The van der Waals surface area contributed by atoms with Gasteiger partial charge in [0.05, 0.1) is 6.04 Å². The summed E-state index contributed by atoms with van der Waals surface area (Å²) in [5.41, 5.74) is 6.79. The van der Waals surface area contributed by atoms with E-state index in [9.17, 15) is 9.90 Å². The van der Waals surface area contributed by atoms with Gasteiger partial charge in [-0.3, -0.25) is 4.79 Å². The van der Waals surface area contributed by atoms with Crippen molar-refractivity contribution in [2.24, 2.45) is 11.1 Å². The van der Waals surface area contributed by atoms with E-state index in [-0.39, 0.29) is 17.1 Å². The van der Waals surface area contributed by atoms with Crippen LogP contribution in [0.15, 0.2) is 24.3 Å². The summed E-state index contributed by atoms with van der Waals surface area (Å²) in [6.45, 7) is 6.46. The third-order valence-electron chi connectivity index (χ3n) is 3.73. The quantitative estimate of drug-likeness (QED) is 0.886. The van der Waals surface area contributed by atoms with Gasteiger partial charge in [-0.25, -0.2) is 0 Å². The first kappa shape index (κ1) is 14.9. The van der Waals surface area contributed by atoms with Gasteiger partial charge in [-0.2, -0.15) is 0 Å². The van der Waals surface area contributed by atoms with E-state index in [4.69, 9.17) is 5.73 Å². The second-order valence-corrected chi connectivity index (χ2v) is 6.71. The Morgan fingerprint density at radius 1 is 1.45 bits per heavy atom. The summed E-state index contributed by atoms with van der Waals surface area (Å²) in [4.78, 5) is 14.5. The molecule has 0 saturated heterocycles. The molecule has 0 aromatic heterocycles. The molecule has 1 atom stereocenters. The number of hydrogen-bond donors (Lipinski definition) is 2. The van der Waals surface area contributed by atoms with Gasteiger partial charge in [0.15, 0.2) is 0 Å². The number of phenolic OH excluding ortho intramolecular Hbond substituents is 1. The van der Waals surface area contributed by atoms with Gasteiger partial charge >= 0.3 is 0 Å². The lowest BCUT2D eigenvalue weighted by atomic mass is 9.86. The Hall–Kier alpha value is -1.55. The van der Waals surface area contributed by atoms with E-state index in [2.05, 4.69) is 0 Å². The average Bonchev–Trinajstić information content (AvgIpc) is 3.17. The normalized spacial score (nSPS) is 16.8. The molecule has 4 nitrogen and oxygen atoms in total. The summed E-state index contributed by atoms with van der Waals surface area (Å²) in [6, 6.07) is 6.85. The standard InChI is InChI=1S/C16H24N2O2/c1-16(2,3)14(17)15(20)18(12-7-8-12)10-11-5-4-6-13(19)9-11/h4-6,9,12,14,19H,7-8,10,17H2,1-3H3/t14-/m0/s1. The summed E-state index contributed by atoms with van der Waals surface area (Å²) in [7, 11) is 0. The number of nitrogens with two attached hydrogens (primary N) is 1. The first-order valence-corrected chi connectivity index (χ1v) is 7.13. The van der Waals surface area contributed by atoms with Crippen molar-refractivity contribution in [1.29, 1.82) is 0 Å². The number of phenols is 1. The van der Waals surface area contributed by atoms with Crippen molar-refractivity contribution in [3.05, 3.63) is 29.8 Å². The van der Waals surface area contributed by atoms with Crippen LogP contribution in [0.3, 0.4) is 0 Å². The van der Waals surface area contributed by atoms with E-state index < -0.39 is 6.04 Å². The SMILES string of the molecule is CC(C)(C)[C@@H](N)C(=O)N(Cc1cccc(O)c1)C1CC1. The molecule has 0 bridgehead atoms. The van der Waals surface area contributed by atoms with E-state index in [1.54, 1.807) is 18.2 Å². The van der Waals surface area contributed by atoms with Crippen LogP contribution in [0.4, 0.5) is 0 Å². The molecule has 4 heteroatoms. The predicted octanol–water partition coefficient (Wildman–Crippen LogP) is 2.26. The Labute approximate surface area is 120 Å². The zero-order valence-electron chi connectivity index (χ0n) is 12.5. The van der Waals surface area contributed by atoms with Crippen molar-refractivity contribution in [3.8, 4) is 5.75 Å². The van der Waals surface area contributed by atoms with Crippen LogP contribution < -0.4 is 5.73 Å². The van der Waals surface area contributed by atoms with Crippen LogP contribution in [0.2, 0.25) is 0 Å². The van der Waals surface area contributed by atoms with E-state index >= 15 is 0 Å². The fourth-order valence-corrected chi connectivity index (χ4v) is 2.17. The molecule has 0 aliphatic heterocycles. The van der Waals surface area contributed by atoms with Gasteiger partial charge in [-0.05, 0) is 36.0 Å². The Bertz CT molecular complexity index is 489. The van der Waals surface area contributed by atoms with Crippen LogP contribution in [-0.4, -0.2) is 28.0 Å². The second-order valence-electron chi connectivity index (χ2n) is 6.71. The van der Waals surface area contributed by atoms with Crippen molar-refractivity contribution >= 4 is 5.91 Å². The van der Waals surface area contributed by atoms with Crippen molar-refractivity contribution in [2.45, 2.75) is 52.2 Å². The number of carbonyl (C=O) groups excluding carboxylic acids is 1. The molecule has 1 aliphatic carbocycles. The third-order valence-corrected chi connectivity index (χ3v) is 3.73. The van der Waals surface area contributed by atoms with Gasteiger partial charge in [-0.1, -0.05) is 32.9 Å². The average molecular weight is 276 g/mol. The smallest absolute Gasteiger partial charge is 0.240 e. The number of aromatic hydroxyl groups is 1. The van der Waals surface area contributed by atoms with Crippen molar-refractivity contribution in [2.75, 3.05) is 0 Å². The van der Waals surface area contributed by atoms with Crippen LogP contribution in [-0.2, 0) is 11.3 Å². The third kappa shape index (κ3) is 3.51. The molecule has 3 N–H and O–H groups in total. The van der Waals surface area contributed by atoms with Crippen molar-refractivity contribution in [3.63, 3.8) is 0 Å². The summed E-state index contributed by atoms with van der Waals surface area (Å²) >= 11 is 0. The van der Waals surface area contributed by atoms with Crippen LogP contribution in [0.25, 0.3) is 0 Å². The molecule has 110 valence electrons. The first-order valence-electron chi connectivity index (χ1n) is 7.13. The maximum absolute atomic E-state index is 12.6. The van der Waals surface area contributed by atoms with Crippen LogP contribution in [0.1, 0.15) is 39.2 Å². The number of carbonyl (C=O) groups is 1. The predicted molar refractivity (Wildman–Crippen MR) is 79.1 cm³/mol. The number of hydrogen-bond acceptors (Lipinski definition) is 3. The summed E-state index contributed by atoms with van der Waals surface area (Å²) in [6.07, 6.45) is 2.09. The Balaban J connectivity index is 2.14. The maximum Gasteiger partial charge on any atom is 0.240 e. The molecule has 0 spiro atoms. The lowest BCUT2D eigenvalue weighted by molar-refractivity contribution is -0.136. The molecule has 1 aromatic rings. The molecule has 1 fully saturated rings. The topological polar surface area (TPSA) is 66.6 Å². The first-order chi connectivity index (χ1) is 9.29. The molecule has 0 unspecified atom stereocenters. The number of amides is 1. The molecule has 1 aromatic carbocycles. The fraction of sp³-hybridized carbons (Fsp3) is 0.562. The van der Waals surface area contributed by atoms with Crippen LogP contribution in [0.5, 0.6) is 5.75 Å². The monoisotopic (exact) mass is 276 g/mol. The molecule has 1 saturated carbocycles. The number of nitrogens with zero attached hydrogens (tertiary/aromatic N) is 1. The number of benzene rings is 1. The van der Waals surface area contributed by atoms with E-state index in [1.165, 1.54) is 0 Å². The second kappa shape index (κ2) is 5.44. The molecular weight excluding hydrogens is 252 g/mol. The van der Waals surface area contributed by atoms with Gasteiger partial charge in [0.1, 0.15) is 5.75 Å². The summed E-state index contributed by atoms with van der Waals surface area (Å²) in [5.74, 6) is 0.231. The highest BCUT2D eigenvalue weighted by molar-refractivity contribution is 5.83. The molecule has 1 aliphatic rings. The largest absolute Gasteiger partial charge is 0.508 e. The zero-order chi connectivity index (χ0) is 14.9. The lowest BCUT2D eigenvalue weighted by Gasteiger charge is -2.32. The van der Waals surface area contributed by atoms with Gasteiger partial charge in [0, 0.05) is 12.6 Å². The Morgan fingerprint density at radius 3 is 2.60 bits per heavy atom. The molecule has 20 heavy (non-hydrogen) atoms.